The van der Waals surface area contributed by atoms with Crippen LogP contribution in [0.3, 0.4) is 0 Å². The van der Waals surface area contributed by atoms with Gasteiger partial charge in [-0.25, -0.2) is 0 Å². The molecule has 1 heterocycles. The van der Waals surface area contributed by atoms with Gasteiger partial charge in [0, 0.05) is 12.6 Å². The van der Waals surface area contributed by atoms with Crippen molar-refractivity contribution < 1.29 is 9.53 Å². The molecule has 0 saturated heterocycles. The third-order valence-electron chi connectivity index (χ3n) is 4.94. The summed E-state index contributed by atoms with van der Waals surface area (Å²) in [5, 5.41) is 9.36. The van der Waals surface area contributed by atoms with Crippen LogP contribution in [-0.4, -0.2) is 27.3 Å². The van der Waals surface area contributed by atoms with Gasteiger partial charge in [-0.3, -0.25) is 4.79 Å². The fourth-order valence-electron chi connectivity index (χ4n) is 3.43. The van der Waals surface area contributed by atoms with E-state index in [1.807, 2.05) is 35.9 Å². The molecule has 0 bridgehead atoms. The zero-order valence-corrected chi connectivity index (χ0v) is 15.6. The van der Waals surface area contributed by atoms with E-state index < -0.39 is 5.91 Å². The average molecular weight is 383 g/mol. The van der Waals surface area contributed by atoms with E-state index in [1.165, 1.54) is 5.56 Å². The minimum Gasteiger partial charge on any atom is -0.484 e. The van der Waals surface area contributed by atoms with Crippen LogP contribution in [0.2, 0.25) is 5.02 Å². The lowest BCUT2D eigenvalue weighted by Crippen LogP contribution is -2.20. The molecule has 6 nitrogen and oxygen atoms in total. The third-order valence-corrected chi connectivity index (χ3v) is 5.25. The van der Waals surface area contributed by atoms with Crippen LogP contribution in [-0.2, 0) is 17.3 Å². The van der Waals surface area contributed by atoms with Crippen LogP contribution < -0.4 is 10.5 Å². The molecule has 27 heavy (non-hydrogen) atoms. The van der Waals surface area contributed by atoms with Gasteiger partial charge >= 0.3 is 0 Å². The quantitative estimate of drug-likeness (QED) is 0.710. The maximum atomic E-state index is 10.9. The summed E-state index contributed by atoms with van der Waals surface area (Å²) >= 11 is 6.43. The van der Waals surface area contributed by atoms with Gasteiger partial charge < -0.3 is 15.0 Å². The lowest BCUT2D eigenvalue weighted by Gasteiger charge is -2.15. The first-order valence-electron chi connectivity index (χ1n) is 8.68. The van der Waals surface area contributed by atoms with Gasteiger partial charge in [-0.1, -0.05) is 41.9 Å². The van der Waals surface area contributed by atoms with Crippen LogP contribution in [0.25, 0.3) is 11.4 Å². The number of primary amides is 1. The van der Waals surface area contributed by atoms with E-state index in [4.69, 9.17) is 22.1 Å². The number of aromatic nitrogens is 3. The van der Waals surface area contributed by atoms with Crippen LogP contribution in [0.1, 0.15) is 24.2 Å². The zero-order valence-electron chi connectivity index (χ0n) is 14.9. The molecule has 0 atom stereocenters. The molecule has 0 unspecified atom stereocenters. The van der Waals surface area contributed by atoms with Crippen LogP contribution in [0, 0.1) is 0 Å². The van der Waals surface area contributed by atoms with E-state index in [-0.39, 0.29) is 12.0 Å². The van der Waals surface area contributed by atoms with Crippen molar-refractivity contribution in [2.45, 2.75) is 18.3 Å². The Kier molecular flexibility index (Phi) is 4.36. The molecule has 1 amide bonds. The number of benzene rings is 2. The summed E-state index contributed by atoms with van der Waals surface area (Å²) in [4.78, 5) is 10.9. The van der Waals surface area contributed by atoms with Crippen LogP contribution in [0.4, 0.5) is 0 Å². The lowest BCUT2D eigenvalue weighted by molar-refractivity contribution is -0.119. The zero-order chi connectivity index (χ0) is 19.0. The smallest absolute Gasteiger partial charge is 0.255 e. The second kappa shape index (κ2) is 6.70. The fraction of sp³-hybridized carbons (Fsp3) is 0.250. The molecule has 4 rings (SSSR count). The van der Waals surface area contributed by atoms with E-state index >= 15 is 0 Å². The van der Waals surface area contributed by atoms with Gasteiger partial charge in [-0.2, -0.15) is 0 Å². The molecule has 1 aromatic heterocycles. The maximum absolute atomic E-state index is 10.9. The second-order valence-electron chi connectivity index (χ2n) is 6.75. The Balaban J connectivity index is 1.66. The first-order valence-corrected chi connectivity index (χ1v) is 9.05. The Morgan fingerprint density at radius 2 is 1.96 bits per heavy atom. The molecule has 1 aliphatic rings. The Morgan fingerprint density at radius 3 is 2.59 bits per heavy atom. The van der Waals surface area contributed by atoms with Crippen molar-refractivity contribution in [3.63, 3.8) is 0 Å². The number of carbonyl (C=O) groups excluding carboxylic acids is 1. The molecule has 0 radical (unpaired) electrons. The number of rotatable bonds is 6. The number of amides is 1. The van der Waals surface area contributed by atoms with Gasteiger partial charge in [0.15, 0.2) is 12.4 Å². The van der Waals surface area contributed by atoms with Crippen molar-refractivity contribution in [1.82, 2.24) is 14.8 Å². The van der Waals surface area contributed by atoms with Crippen LogP contribution in [0.15, 0.2) is 48.5 Å². The van der Waals surface area contributed by atoms with Gasteiger partial charge in [-0.05, 0) is 36.6 Å². The number of carbonyl (C=O) groups is 1. The maximum Gasteiger partial charge on any atom is 0.255 e. The van der Waals surface area contributed by atoms with Crippen molar-refractivity contribution in [2.75, 3.05) is 6.61 Å². The number of halogens is 1. The summed E-state index contributed by atoms with van der Waals surface area (Å²) < 4.78 is 7.30. The molecule has 7 heteroatoms. The summed E-state index contributed by atoms with van der Waals surface area (Å²) in [5.41, 5.74) is 7.04. The molecule has 0 spiro atoms. The molecule has 138 valence electrons. The molecular weight excluding hydrogens is 364 g/mol. The molecule has 1 aliphatic carbocycles. The first kappa shape index (κ1) is 17.5. The summed E-state index contributed by atoms with van der Waals surface area (Å²) in [6.07, 6.45) is 2.10. The van der Waals surface area contributed by atoms with Gasteiger partial charge in [-0.15, -0.1) is 10.2 Å². The van der Waals surface area contributed by atoms with E-state index in [2.05, 4.69) is 22.3 Å². The number of hydrogen-bond donors (Lipinski definition) is 1. The molecule has 2 aromatic carbocycles. The number of ether oxygens (including phenoxy) is 1. The van der Waals surface area contributed by atoms with Crippen molar-refractivity contribution in [1.29, 1.82) is 0 Å². The Hall–Kier alpha value is -2.86. The molecule has 0 aliphatic heterocycles. The lowest BCUT2D eigenvalue weighted by atomic mass is 9.95. The predicted molar refractivity (Wildman–Crippen MR) is 103 cm³/mol. The largest absolute Gasteiger partial charge is 0.484 e. The molecule has 1 saturated carbocycles. The Morgan fingerprint density at radius 1 is 1.22 bits per heavy atom. The van der Waals surface area contributed by atoms with Gasteiger partial charge in [0.1, 0.15) is 11.6 Å². The SMILES string of the molecule is Cn1c(-c2ccc(OCC(N)=O)cc2Cl)nnc1C1(c2ccccc2)CC1. The summed E-state index contributed by atoms with van der Waals surface area (Å²) in [6.45, 7) is -0.191. The Bertz CT molecular complexity index is 996. The highest BCUT2D eigenvalue weighted by atomic mass is 35.5. The summed E-state index contributed by atoms with van der Waals surface area (Å²) in [7, 11) is 1.96. The standard InChI is InChI=1S/C20H19ClN4O2/c1-25-18(15-8-7-14(11-16(15)21)27-12-17(22)26)23-24-19(25)20(9-10-20)13-5-3-2-4-6-13/h2-8,11H,9-10,12H2,1H3,(H2,22,26). The van der Waals surface area contributed by atoms with Gasteiger partial charge in [0.25, 0.3) is 5.91 Å². The van der Waals surface area contributed by atoms with Crippen molar-refractivity contribution in [3.8, 4) is 17.1 Å². The summed E-state index contributed by atoms with van der Waals surface area (Å²) in [5.74, 6) is 1.57. The number of hydrogen-bond acceptors (Lipinski definition) is 4. The second-order valence-corrected chi connectivity index (χ2v) is 7.16. The van der Waals surface area contributed by atoms with Gasteiger partial charge in [0.05, 0.1) is 10.4 Å². The minimum absolute atomic E-state index is 0.0712. The molecule has 1 fully saturated rings. The van der Waals surface area contributed by atoms with E-state index in [1.54, 1.807) is 12.1 Å². The van der Waals surface area contributed by atoms with Crippen LogP contribution in [0.5, 0.6) is 5.75 Å². The van der Waals surface area contributed by atoms with E-state index in [9.17, 15) is 4.79 Å². The van der Waals surface area contributed by atoms with Crippen LogP contribution >= 0.6 is 11.6 Å². The highest BCUT2D eigenvalue weighted by Crippen LogP contribution is 2.53. The van der Waals surface area contributed by atoms with Gasteiger partial charge in [0.2, 0.25) is 0 Å². The third kappa shape index (κ3) is 3.17. The first-order chi connectivity index (χ1) is 13.0. The predicted octanol–water partition coefficient (Wildman–Crippen LogP) is 3.08. The van der Waals surface area contributed by atoms with Crippen molar-refractivity contribution in [2.24, 2.45) is 12.8 Å². The van der Waals surface area contributed by atoms with E-state index in [0.29, 0.717) is 16.6 Å². The topological polar surface area (TPSA) is 83.0 Å². The molecule has 3 aromatic rings. The van der Waals surface area contributed by atoms with Crippen molar-refractivity contribution in [3.05, 3.63) is 64.9 Å². The fourth-order valence-corrected chi connectivity index (χ4v) is 3.68. The average Bonchev–Trinajstić information content (AvgIpc) is 3.38. The van der Waals surface area contributed by atoms with E-state index in [0.717, 1.165) is 24.2 Å². The minimum atomic E-state index is -0.538. The molecular formula is C20H19ClN4O2. The van der Waals surface area contributed by atoms with Crippen molar-refractivity contribution >= 4 is 17.5 Å². The Labute approximate surface area is 161 Å². The summed E-state index contributed by atoms with van der Waals surface area (Å²) in [6, 6.07) is 15.6. The monoisotopic (exact) mass is 382 g/mol. The highest BCUT2D eigenvalue weighted by Gasteiger charge is 2.49. The number of nitrogens with zero attached hydrogens (tertiary/aromatic N) is 3. The highest BCUT2D eigenvalue weighted by molar-refractivity contribution is 6.33. The normalized spacial score (nSPS) is 14.7. The molecule has 2 N–H and O–H groups in total. The number of nitrogens with two attached hydrogens (primary N) is 1.